The molecule has 0 spiro atoms. The van der Waals surface area contributed by atoms with Crippen molar-refractivity contribution in [1.29, 1.82) is 0 Å². The Labute approximate surface area is 191 Å². The maximum absolute atomic E-state index is 13.4. The molecule has 172 valence electrons. The van der Waals surface area contributed by atoms with Gasteiger partial charge in [0.15, 0.2) is 0 Å². The van der Waals surface area contributed by atoms with E-state index in [0.29, 0.717) is 25.5 Å². The molecule has 2 heterocycles. The zero-order chi connectivity index (χ0) is 23.2. The second-order valence-corrected chi connectivity index (χ2v) is 8.00. The number of piperazine rings is 1. The fraction of sp³-hybridized carbons (Fsp3) is 0.280. The predicted molar refractivity (Wildman–Crippen MR) is 122 cm³/mol. The standard InChI is InChI=1S/C25H26F2N4O2/c26-20-7-3-18(4-8-20)23(19-5-9-21(27)10-6-19)28-12-13-30-14-16-31(17-15-30)24-22(25(32)33)2-1-11-29-24/h1-11,23,28H,12-17H2,(H,32,33). The zero-order valence-corrected chi connectivity index (χ0v) is 18.1. The lowest BCUT2D eigenvalue weighted by atomic mass is 9.98. The molecule has 1 aliphatic rings. The van der Waals surface area contributed by atoms with Gasteiger partial charge in [0.2, 0.25) is 0 Å². The van der Waals surface area contributed by atoms with Crippen molar-refractivity contribution < 1.29 is 18.7 Å². The fourth-order valence-electron chi connectivity index (χ4n) is 4.10. The van der Waals surface area contributed by atoms with Crippen molar-refractivity contribution in [2.45, 2.75) is 6.04 Å². The third-order valence-corrected chi connectivity index (χ3v) is 5.87. The monoisotopic (exact) mass is 452 g/mol. The number of benzene rings is 2. The lowest BCUT2D eigenvalue weighted by molar-refractivity contribution is 0.0697. The molecule has 33 heavy (non-hydrogen) atoms. The van der Waals surface area contributed by atoms with Crippen molar-refractivity contribution >= 4 is 11.8 Å². The lowest BCUT2D eigenvalue weighted by Gasteiger charge is -2.36. The van der Waals surface area contributed by atoms with Crippen molar-refractivity contribution in [2.24, 2.45) is 0 Å². The number of carboxylic acids is 1. The average Bonchev–Trinajstić information content (AvgIpc) is 2.84. The number of anilines is 1. The van der Waals surface area contributed by atoms with Gasteiger partial charge in [0.25, 0.3) is 0 Å². The zero-order valence-electron chi connectivity index (χ0n) is 18.1. The van der Waals surface area contributed by atoms with Crippen LogP contribution in [0.25, 0.3) is 0 Å². The Kier molecular flexibility index (Phi) is 7.26. The van der Waals surface area contributed by atoms with Gasteiger partial charge in [-0.25, -0.2) is 18.6 Å². The van der Waals surface area contributed by atoms with E-state index >= 15 is 0 Å². The predicted octanol–water partition coefficient (Wildman–Crippen LogP) is 3.56. The van der Waals surface area contributed by atoms with Gasteiger partial charge < -0.3 is 15.3 Å². The van der Waals surface area contributed by atoms with Crippen molar-refractivity contribution in [1.82, 2.24) is 15.2 Å². The molecule has 0 amide bonds. The van der Waals surface area contributed by atoms with E-state index in [2.05, 4.69) is 15.2 Å². The van der Waals surface area contributed by atoms with Crippen LogP contribution in [0.15, 0.2) is 66.9 Å². The van der Waals surface area contributed by atoms with Crippen LogP contribution in [0.2, 0.25) is 0 Å². The highest BCUT2D eigenvalue weighted by Crippen LogP contribution is 2.23. The maximum atomic E-state index is 13.4. The summed E-state index contributed by atoms with van der Waals surface area (Å²) in [4.78, 5) is 20.1. The van der Waals surface area contributed by atoms with Gasteiger partial charge in [0.1, 0.15) is 23.0 Å². The Morgan fingerprint density at radius 2 is 1.52 bits per heavy atom. The van der Waals surface area contributed by atoms with Crippen LogP contribution < -0.4 is 10.2 Å². The Morgan fingerprint density at radius 3 is 2.06 bits per heavy atom. The van der Waals surface area contributed by atoms with E-state index in [1.54, 1.807) is 42.6 Å². The van der Waals surface area contributed by atoms with Gasteiger partial charge >= 0.3 is 5.97 Å². The normalized spacial score (nSPS) is 14.6. The first-order chi connectivity index (χ1) is 16.0. The molecule has 1 aromatic heterocycles. The van der Waals surface area contributed by atoms with Crippen LogP contribution in [-0.2, 0) is 0 Å². The van der Waals surface area contributed by atoms with Crippen molar-refractivity contribution in [2.75, 3.05) is 44.2 Å². The average molecular weight is 453 g/mol. The number of halogens is 2. The van der Waals surface area contributed by atoms with Crippen LogP contribution in [0.4, 0.5) is 14.6 Å². The molecule has 4 rings (SSSR count). The summed E-state index contributed by atoms with van der Waals surface area (Å²) in [6.07, 6.45) is 1.61. The smallest absolute Gasteiger partial charge is 0.339 e. The van der Waals surface area contributed by atoms with E-state index in [9.17, 15) is 18.7 Å². The maximum Gasteiger partial charge on any atom is 0.339 e. The molecule has 1 fully saturated rings. The first kappa shape index (κ1) is 22.8. The number of hydrogen-bond donors (Lipinski definition) is 2. The number of aromatic nitrogens is 1. The number of nitrogens with one attached hydrogen (secondary N) is 1. The van der Waals surface area contributed by atoms with E-state index in [4.69, 9.17) is 0 Å². The third kappa shape index (κ3) is 5.71. The molecule has 0 aliphatic carbocycles. The fourth-order valence-corrected chi connectivity index (χ4v) is 4.10. The first-order valence-corrected chi connectivity index (χ1v) is 10.9. The molecule has 2 aromatic carbocycles. The molecule has 8 heteroatoms. The highest BCUT2D eigenvalue weighted by atomic mass is 19.1. The van der Waals surface area contributed by atoms with Crippen LogP contribution in [0.1, 0.15) is 27.5 Å². The largest absolute Gasteiger partial charge is 0.478 e. The van der Waals surface area contributed by atoms with Crippen molar-refractivity contribution in [3.63, 3.8) is 0 Å². The molecule has 1 aliphatic heterocycles. The van der Waals surface area contributed by atoms with E-state index in [1.807, 2.05) is 4.90 Å². The van der Waals surface area contributed by atoms with Gasteiger partial charge in [-0.3, -0.25) is 4.90 Å². The summed E-state index contributed by atoms with van der Waals surface area (Å²) in [5.41, 5.74) is 2.03. The molecule has 6 nitrogen and oxygen atoms in total. The summed E-state index contributed by atoms with van der Waals surface area (Å²) in [7, 11) is 0. The summed E-state index contributed by atoms with van der Waals surface area (Å²) in [5, 5.41) is 12.9. The molecule has 2 N–H and O–H groups in total. The minimum Gasteiger partial charge on any atom is -0.478 e. The number of hydrogen-bond acceptors (Lipinski definition) is 5. The molecule has 1 saturated heterocycles. The van der Waals surface area contributed by atoms with Gasteiger partial charge in [-0.2, -0.15) is 0 Å². The molecule has 0 unspecified atom stereocenters. The summed E-state index contributed by atoms with van der Waals surface area (Å²) in [6.45, 7) is 4.43. The van der Waals surface area contributed by atoms with E-state index in [0.717, 1.165) is 30.8 Å². The molecule has 0 atom stereocenters. The number of rotatable bonds is 8. The third-order valence-electron chi connectivity index (χ3n) is 5.87. The van der Waals surface area contributed by atoms with Crippen LogP contribution in [0, 0.1) is 11.6 Å². The minimum absolute atomic E-state index is 0.181. The molecule has 3 aromatic rings. The summed E-state index contributed by atoms with van der Waals surface area (Å²) >= 11 is 0. The topological polar surface area (TPSA) is 68.7 Å². The SMILES string of the molecule is O=C(O)c1cccnc1N1CCN(CCNC(c2ccc(F)cc2)c2ccc(F)cc2)CC1. The molecular formula is C25H26F2N4O2. The Morgan fingerprint density at radius 1 is 0.939 bits per heavy atom. The highest BCUT2D eigenvalue weighted by Gasteiger charge is 2.22. The number of carbonyl (C=O) groups is 1. The van der Waals surface area contributed by atoms with Crippen molar-refractivity contribution in [3.05, 3.63) is 95.2 Å². The second-order valence-electron chi connectivity index (χ2n) is 8.00. The van der Waals surface area contributed by atoms with Crippen LogP contribution in [0.5, 0.6) is 0 Å². The van der Waals surface area contributed by atoms with Gasteiger partial charge in [-0.15, -0.1) is 0 Å². The number of pyridine rings is 1. The van der Waals surface area contributed by atoms with Gasteiger partial charge in [-0.05, 0) is 47.5 Å². The van der Waals surface area contributed by atoms with E-state index < -0.39 is 5.97 Å². The summed E-state index contributed by atoms with van der Waals surface area (Å²) in [6, 6.07) is 15.7. The molecule has 0 radical (unpaired) electrons. The van der Waals surface area contributed by atoms with Crippen LogP contribution in [-0.4, -0.2) is 60.2 Å². The van der Waals surface area contributed by atoms with Crippen LogP contribution in [0.3, 0.4) is 0 Å². The van der Waals surface area contributed by atoms with E-state index in [1.165, 1.54) is 24.3 Å². The Hall–Kier alpha value is -3.36. The van der Waals surface area contributed by atoms with E-state index in [-0.39, 0.29) is 23.2 Å². The quantitative estimate of drug-likeness (QED) is 0.545. The minimum atomic E-state index is -0.975. The molecule has 0 bridgehead atoms. The number of carboxylic acid groups (broad SMARTS) is 1. The Balaban J connectivity index is 1.35. The lowest BCUT2D eigenvalue weighted by Crippen LogP contribution is -2.49. The van der Waals surface area contributed by atoms with Crippen LogP contribution >= 0.6 is 0 Å². The summed E-state index contributed by atoms with van der Waals surface area (Å²) in [5.74, 6) is -1.06. The van der Waals surface area contributed by atoms with Gasteiger partial charge in [0.05, 0.1) is 6.04 Å². The second kappa shape index (κ2) is 10.5. The van der Waals surface area contributed by atoms with Gasteiger partial charge in [-0.1, -0.05) is 24.3 Å². The van der Waals surface area contributed by atoms with Crippen molar-refractivity contribution in [3.8, 4) is 0 Å². The Bertz CT molecular complexity index is 1020. The number of aromatic carboxylic acids is 1. The molecule has 0 saturated carbocycles. The van der Waals surface area contributed by atoms with Gasteiger partial charge in [0, 0.05) is 45.5 Å². The summed E-state index contributed by atoms with van der Waals surface area (Å²) < 4.78 is 26.8. The first-order valence-electron chi connectivity index (χ1n) is 10.9. The molecular weight excluding hydrogens is 426 g/mol. The number of nitrogens with zero attached hydrogens (tertiary/aromatic N) is 3. The highest BCUT2D eigenvalue weighted by molar-refractivity contribution is 5.93.